The topological polar surface area (TPSA) is 113 Å². The third-order valence-electron chi connectivity index (χ3n) is 4.24. The van der Waals surface area contributed by atoms with Gasteiger partial charge in [0, 0.05) is 35.7 Å². The van der Waals surface area contributed by atoms with Gasteiger partial charge in [-0.3, -0.25) is 5.10 Å². The molecule has 4 rings (SSSR count). The molecule has 154 valence electrons. The van der Waals surface area contributed by atoms with Crippen molar-refractivity contribution >= 4 is 45.7 Å². The predicted octanol–water partition coefficient (Wildman–Crippen LogP) is 3.51. The normalized spacial score (nSPS) is 10.3. The summed E-state index contributed by atoms with van der Waals surface area (Å²) < 4.78 is 16.6. The van der Waals surface area contributed by atoms with Crippen molar-refractivity contribution in [3.63, 3.8) is 0 Å². The first-order valence-corrected chi connectivity index (χ1v) is 10.1. The first-order chi connectivity index (χ1) is 14.7. The molecule has 30 heavy (non-hydrogen) atoms. The van der Waals surface area contributed by atoms with Crippen LogP contribution in [0.25, 0.3) is 22.3 Å². The van der Waals surface area contributed by atoms with Crippen LogP contribution in [0.2, 0.25) is 5.02 Å². The molecule has 0 atom stereocenters. The smallest absolute Gasteiger partial charge is 0.323 e. The van der Waals surface area contributed by atoms with E-state index < -0.39 is 11.6 Å². The monoisotopic (exact) mass is 442 g/mol. The average molecular weight is 443 g/mol. The molecule has 4 aromatic rings. The molecule has 0 radical (unpaired) electrons. The SMILES string of the molecule is CNCCc1cc(Nc2n[nH]c3ccccc23)nc(-c2ccccc2Cl)n1.O=S=O. The van der Waals surface area contributed by atoms with Gasteiger partial charge in [0.05, 0.1) is 10.5 Å². The van der Waals surface area contributed by atoms with Crippen LogP contribution in [0.3, 0.4) is 0 Å². The Balaban J connectivity index is 0.000000806. The number of hydrogen-bond donors (Lipinski definition) is 3. The van der Waals surface area contributed by atoms with Gasteiger partial charge in [-0.15, -0.1) is 0 Å². The Labute approximate surface area is 181 Å². The molecule has 0 bridgehead atoms. The van der Waals surface area contributed by atoms with Crippen LogP contribution in [0.1, 0.15) is 5.69 Å². The molecule has 0 saturated heterocycles. The molecule has 2 heterocycles. The zero-order valence-electron chi connectivity index (χ0n) is 16.1. The fraction of sp³-hybridized carbons (Fsp3) is 0.150. The average Bonchev–Trinajstić information content (AvgIpc) is 3.16. The van der Waals surface area contributed by atoms with Gasteiger partial charge in [-0.25, -0.2) is 9.97 Å². The van der Waals surface area contributed by atoms with Crippen molar-refractivity contribution in [2.24, 2.45) is 0 Å². The van der Waals surface area contributed by atoms with E-state index in [1.54, 1.807) is 0 Å². The number of para-hydroxylation sites is 1. The molecule has 0 aliphatic carbocycles. The second-order valence-corrected chi connectivity index (χ2v) is 6.76. The molecule has 0 fully saturated rings. The molecular weight excluding hydrogens is 424 g/mol. The van der Waals surface area contributed by atoms with Crippen LogP contribution in [-0.4, -0.2) is 42.2 Å². The number of rotatable bonds is 6. The third-order valence-corrected chi connectivity index (χ3v) is 4.57. The number of hydrogen-bond acceptors (Lipinski definition) is 7. The number of aromatic nitrogens is 4. The number of nitrogens with one attached hydrogen (secondary N) is 3. The van der Waals surface area contributed by atoms with E-state index in [4.69, 9.17) is 20.0 Å². The van der Waals surface area contributed by atoms with Gasteiger partial charge in [0.25, 0.3) is 0 Å². The van der Waals surface area contributed by atoms with E-state index in [1.807, 2.05) is 61.6 Å². The number of fused-ring (bicyclic) bond motifs is 1. The minimum atomic E-state index is -0.750. The van der Waals surface area contributed by atoms with Gasteiger partial charge in [-0.2, -0.15) is 13.5 Å². The Morgan fingerprint density at radius 1 is 1.07 bits per heavy atom. The minimum absolute atomic E-state index is 0.594. The summed E-state index contributed by atoms with van der Waals surface area (Å²) in [6.45, 7) is 0.823. The molecule has 10 heteroatoms. The van der Waals surface area contributed by atoms with Crippen molar-refractivity contribution in [2.75, 3.05) is 18.9 Å². The van der Waals surface area contributed by atoms with Crippen molar-refractivity contribution in [1.29, 1.82) is 0 Å². The second-order valence-electron chi connectivity index (χ2n) is 6.21. The Morgan fingerprint density at radius 3 is 2.57 bits per heavy atom. The van der Waals surface area contributed by atoms with E-state index in [0.717, 1.165) is 40.9 Å². The molecule has 8 nitrogen and oxygen atoms in total. The first-order valence-electron chi connectivity index (χ1n) is 9.05. The van der Waals surface area contributed by atoms with E-state index >= 15 is 0 Å². The number of likely N-dealkylation sites (N-methyl/N-ethyl adjacent to an activating group) is 1. The number of benzene rings is 2. The van der Waals surface area contributed by atoms with Gasteiger partial charge >= 0.3 is 11.6 Å². The second kappa shape index (κ2) is 10.6. The molecule has 0 spiro atoms. The fourth-order valence-corrected chi connectivity index (χ4v) is 3.11. The van der Waals surface area contributed by atoms with Crippen molar-refractivity contribution < 1.29 is 8.42 Å². The fourth-order valence-electron chi connectivity index (χ4n) is 2.89. The molecule has 0 unspecified atom stereocenters. The maximum atomic E-state index is 8.29. The van der Waals surface area contributed by atoms with Crippen LogP contribution in [-0.2, 0) is 18.0 Å². The predicted molar refractivity (Wildman–Crippen MR) is 118 cm³/mol. The van der Waals surface area contributed by atoms with E-state index in [1.165, 1.54) is 0 Å². The van der Waals surface area contributed by atoms with Gasteiger partial charge in [-0.1, -0.05) is 35.9 Å². The number of H-pyrrole nitrogens is 1. The molecule has 0 aliphatic rings. The molecule has 2 aromatic heterocycles. The largest absolute Gasteiger partial charge is 0.335 e. The summed E-state index contributed by atoms with van der Waals surface area (Å²) in [4.78, 5) is 9.36. The van der Waals surface area contributed by atoms with Crippen LogP contribution in [0.15, 0.2) is 54.6 Å². The van der Waals surface area contributed by atoms with Crippen LogP contribution in [0, 0.1) is 0 Å². The molecule has 0 aliphatic heterocycles. The Kier molecular flexibility index (Phi) is 7.61. The maximum Gasteiger partial charge on any atom is 0.335 e. The highest BCUT2D eigenvalue weighted by molar-refractivity contribution is 7.51. The summed E-state index contributed by atoms with van der Waals surface area (Å²) in [6.07, 6.45) is 0.784. The Morgan fingerprint density at radius 2 is 1.80 bits per heavy atom. The van der Waals surface area contributed by atoms with E-state index in [0.29, 0.717) is 16.7 Å². The zero-order chi connectivity index (χ0) is 21.3. The lowest BCUT2D eigenvalue weighted by Crippen LogP contribution is -2.12. The summed E-state index contributed by atoms with van der Waals surface area (Å²) in [6, 6.07) is 17.5. The van der Waals surface area contributed by atoms with Gasteiger partial charge in [0.15, 0.2) is 11.6 Å². The highest BCUT2D eigenvalue weighted by Crippen LogP contribution is 2.28. The van der Waals surface area contributed by atoms with Crippen LogP contribution < -0.4 is 10.6 Å². The van der Waals surface area contributed by atoms with Crippen molar-refractivity contribution in [1.82, 2.24) is 25.5 Å². The lowest BCUT2D eigenvalue weighted by molar-refractivity contribution is 0.630. The van der Waals surface area contributed by atoms with Gasteiger partial charge in [0.2, 0.25) is 0 Å². The lowest BCUT2D eigenvalue weighted by Gasteiger charge is -2.10. The summed E-state index contributed by atoms with van der Waals surface area (Å²) in [7, 11) is 1.92. The zero-order valence-corrected chi connectivity index (χ0v) is 17.6. The lowest BCUT2D eigenvalue weighted by atomic mass is 10.2. The molecule has 2 aromatic carbocycles. The standard InChI is InChI=1S/C20H19ClN6.O2S/c1-22-11-10-13-12-18(24-19(23-13)14-6-2-4-8-16(14)21)25-20-15-7-3-5-9-17(15)26-27-20;1-3-2/h2-9,12,22H,10-11H2,1H3,(H2,23,24,25,26,27);. The highest BCUT2D eigenvalue weighted by atomic mass is 35.5. The maximum absolute atomic E-state index is 8.29. The van der Waals surface area contributed by atoms with Crippen LogP contribution in [0.5, 0.6) is 0 Å². The molecule has 3 N–H and O–H groups in total. The van der Waals surface area contributed by atoms with Crippen LogP contribution >= 0.6 is 11.6 Å². The van der Waals surface area contributed by atoms with Crippen molar-refractivity contribution in [3.05, 3.63) is 65.3 Å². The summed E-state index contributed by atoms with van der Waals surface area (Å²) in [5.41, 5.74) is 2.70. The molecule has 0 amide bonds. The third kappa shape index (κ3) is 5.26. The highest BCUT2D eigenvalue weighted by Gasteiger charge is 2.12. The summed E-state index contributed by atoms with van der Waals surface area (Å²) in [5.74, 6) is 2.01. The number of nitrogens with zero attached hydrogens (tertiary/aromatic N) is 3. The summed E-state index contributed by atoms with van der Waals surface area (Å²) in [5, 5.41) is 15.5. The van der Waals surface area contributed by atoms with E-state index in [9.17, 15) is 0 Å². The van der Waals surface area contributed by atoms with Gasteiger partial charge in [0.1, 0.15) is 5.82 Å². The van der Waals surface area contributed by atoms with Gasteiger partial charge < -0.3 is 10.6 Å². The van der Waals surface area contributed by atoms with Crippen molar-refractivity contribution in [2.45, 2.75) is 6.42 Å². The quantitative estimate of drug-likeness (QED) is 0.418. The summed E-state index contributed by atoms with van der Waals surface area (Å²) >= 11 is 5.61. The van der Waals surface area contributed by atoms with Crippen molar-refractivity contribution in [3.8, 4) is 11.4 Å². The number of aromatic amines is 1. The first kappa shape index (κ1) is 21.6. The van der Waals surface area contributed by atoms with E-state index in [-0.39, 0.29) is 0 Å². The van der Waals surface area contributed by atoms with Crippen LogP contribution in [0.4, 0.5) is 11.6 Å². The molecule has 0 saturated carbocycles. The number of anilines is 2. The minimum Gasteiger partial charge on any atom is -0.323 e. The van der Waals surface area contributed by atoms with Gasteiger partial charge in [-0.05, 0) is 31.3 Å². The van der Waals surface area contributed by atoms with E-state index in [2.05, 4.69) is 30.8 Å². The molecular formula is C20H19ClN6O2S. The Hall–Kier alpha value is -3.14. The number of halogens is 1. The Bertz CT molecular complexity index is 1180.